The molecule has 1 heterocycles. The Morgan fingerprint density at radius 1 is 0.759 bits per heavy atom. The van der Waals surface area contributed by atoms with Crippen molar-refractivity contribution >= 4 is 17.7 Å². The summed E-state index contributed by atoms with van der Waals surface area (Å²) in [4.78, 5) is 1.92. The van der Waals surface area contributed by atoms with E-state index in [2.05, 4.69) is 98.1 Å². The molecule has 29 heavy (non-hydrogen) atoms. The Morgan fingerprint density at radius 3 is 1.59 bits per heavy atom. The Morgan fingerprint density at radius 2 is 1.17 bits per heavy atom. The van der Waals surface area contributed by atoms with E-state index in [-0.39, 0.29) is 0 Å². The van der Waals surface area contributed by atoms with E-state index in [1.807, 2.05) is 9.48 Å². The first kappa shape index (κ1) is 18.9. The second-order valence-electron chi connectivity index (χ2n) is 9.33. The molecule has 2 nitrogen and oxygen atoms in total. The molecule has 156 valence electrons. The molecule has 2 aromatic carbocycles. The third-order valence-electron chi connectivity index (χ3n) is 5.75. The molecular formula is C27H38N2. The molecule has 0 radical (unpaired) electrons. The quantitative estimate of drug-likeness (QED) is 0.370. The summed E-state index contributed by atoms with van der Waals surface area (Å²) >= 11 is 0. The second-order valence-corrected chi connectivity index (χ2v) is 9.33. The van der Waals surface area contributed by atoms with Crippen molar-refractivity contribution in [2.75, 3.05) is 17.9 Å². The highest BCUT2D eigenvalue weighted by Crippen LogP contribution is 2.38. The van der Waals surface area contributed by atoms with Crippen LogP contribution in [0, 0.1) is 0 Å². The van der Waals surface area contributed by atoms with Crippen molar-refractivity contribution in [3.05, 3.63) is 58.7 Å². The van der Waals surface area contributed by atoms with E-state index in [0.717, 1.165) is 11.4 Å². The molecule has 0 fully saturated rings. The predicted octanol–water partition coefficient (Wildman–Crippen LogP) is 7.25. The molecule has 0 aliphatic carbocycles. The van der Waals surface area contributed by atoms with Crippen LogP contribution in [0.3, 0.4) is 0 Å². The predicted molar refractivity (Wildman–Crippen MR) is 126 cm³/mol. The molecule has 3 rings (SSSR count). The minimum absolute atomic E-state index is 0.329. The molecule has 2 heteroatoms. The molecular weight excluding hydrogens is 352 g/mol. The van der Waals surface area contributed by atoms with Gasteiger partial charge in [0, 0.05) is 11.4 Å². The van der Waals surface area contributed by atoms with Crippen molar-refractivity contribution in [1.29, 1.82) is 0 Å². The van der Waals surface area contributed by atoms with Crippen LogP contribution in [0.4, 0.5) is 11.4 Å². The Balaban J connectivity index is 2.26. The van der Waals surface area contributed by atoms with Crippen LogP contribution in [0.25, 0.3) is 0 Å². The summed E-state index contributed by atoms with van der Waals surface area (Å²) in [5, 5.41) is 0. The standard InChI is InChI=1S/C27H38N2/c1-18(2)22-11-9-12-23(19(3)4)26(22)28-15-16-29(17-28)27-24(20(5)6)13-10-14-25(27)21(7)8/h9-14,18-21H,15-16H2,1-8H3/i15D,16D. The van der Waals surface area contributed by atoms with Gasteiger partial charge in [-0.25, -0.2) is 0 Å². The lowest BCUT2D eigenvalue weighted by Crippen LogP contribution is -2.22. The fraction of sp³-hybridized carbons (Fsp3) is 0.519. The zero-order chi connectivity index (χ0) is 23.0. The van der Waals surface area contributed by atoms with E-state index < -0.39 is 13.0 Å². The van der Waals surface area contributed by atoms with Crippen LogP contribution in [-0.2, 0) is 0 Å². The minimum atomic E-state index is -0.738. The second kappa shape index (κ2) is 8.73. The summed E-state index contributed by atoms with van der Waals surface area (Å²) in [5.74, 6) is 1.32. The van der Waals surface area contributed by atoms with Gasteiger partial charge in [0.25, 0.3) is 0 Å². The molecule has 0 spiro atoms. The van der Waals surface area contributed by atoms with E-state index in [0.29, 0.717) is 23.7 Å². The smallest absolute Gasteiger partial charge is 0.206 e. The van der Waals surface area contributed by atoms with Crippen LogP contribution in [0.2, 0.25) is 0 Å². The maximum absolute atomic E-state index is 8.98. The van der Waals surface area contributed by atoms with Gasteiger partial charge in [0.1, 0.15) is 13.0 Å². The topological polar surface area (TPSA) is 6.25 Å². The number of anilines is 1. The van der Waals surface area contributed by atoms with Crippen molar-refractivity contribution < 1.29 is 7.32 Å². The number of nitrogens with zero attached hydrogens (tertiary/aromatic N) is 2. The number of para-hydroxylation sites is 2. The summed E-state index contributed by atoms with van der Waals surface area (Å²) in [6.07, 6.45) is 3.50. The van der Waals surface area contributed by atoms with Gasteiger partial charge in [-0.1, -0.05) is 114 Å². The lowest BCUT2D eigenvalue weighted by atomic mass is 9.92. The highest BCUT2D eigenvalue weighted by atomic mass is 15.3. The first-order chi connectivity index (χ1) is 14.6. The first-order valence-corrected chi connectivity index (χ1v) is 11.0. The van der Waals surface area contributed by atoms with Gasteiger partial charge in [-0.2, -0.15) is 0 Å². The fourth-order valence-corrected chi connectivity index (χ4v) is 4.14. The van der Waals surface area contributed by atoms with Crippen LogP contribution in [-0.4, -0.2) is 24.0 Å². The van der Waals surface area contributed by atoms with Gasteiger partial charge in [-0.3, -0.25) is 0 Å². The van der Waals surface area contributed by atoms with Gasteiger partial charge >= 0.3 is 0 Å². The number of hydrogen-bond donors (Lipinski definition) is 0. The molecule has 2 aromatic rings. The lowest BCUT2D eigenvalue weighted by molar-refractivity contribution is -0.425. The monoisotopic (exact) mass is 392 g/mol. The van der Waals surface area contributed by atoms with Crippen molar-refractivity contribution in [2.45, 2.75) is 79.1 Å². The Labute approximate surface area is 181 Å². The Kier molecular flexibility index (Phi) is 5.69. The Hall–Kier alpha value is -2.09. The molecule has 0 aromatic heterocycles. The van der Waals surface area contributed by atoms with E-state index in [1.165, 1.54) is 22.3 Å². The van der Waals surface area contributed by atoms with Gasteiger partial charge in [-0.05, 0) is 23.7 Å². The van der Waals surface area contributed by atoms with Crippen molar-refractivity contribution in [1.82, 2.24) is 0 Å². The molecule has 0 amide bonds. The number of hydrogen-bond acceptors (Lipinski definition) is 1. The maximum atomic E-state index is 8.98. The van der Waals surface area contributed by atoms with Crippen LogP contribution < -0.4 is 4.90 Å². The molecule has 1 aliphatic heterocycles. The van der Waals surface area contributed by atoms with E-state index >= 15 is 0 Å². The van der Waals surface area contributed by atoms with Crippen LogP contribution in [0.5, 0.6) is 0 Å². The van der Waals surface area contributed by atoms with Crippen molar-refractivity contribution in [2.24, 2.45) is 0 Å². The molecule has 1 aliphatic rings. The zero-order valence-electron chi connectivity index (χ0n) is 21.3. The normalized spacial score (nSPS) is 20.7. The summed E-state index contributed by atoms with van der Waals surface area (Å²) < 4.78 is 19.9. The van der Waals surface area contributed by atoms with Crippen LogP contribution in [0.1, 0.15) is 104 Å². The molecule has 2 atom stereocenters. The first-order valence-electron chi connectivity index (χ1n) is 12.2. The third kappa shape index (κ3) is 4.27. The highest BCUT2D eigenvalue weighted by molar-refractivity contribution is 5.82. The maximum Gasteiger partial charge on any atom is 0.206 e. The summed E-state index contributed by atoms with van der Waals surface area (Å²) in [6.45, 7) is 16.1. The highest BCUT2D eigenvalue weighted by Gasteiger charge is 2.25. The largest absolute Gasteiger partial charge is 0.333 e. The fourth-order valence-electron chi connectivity index (χ4n) is 4.14. The lowest BCUT2D eigenvalue weighted by Gasteiger charge is -2.26. The summed E-state index contributed by atoms with van der Waals surface area (Å²) in [6, 6.07) is 12.9. The average molecular weight is 393 g/mol. The molecule has 0 saturated heterocycles. The van der Waals surface area contributed by atoms with E-state index in [9.17, 15) is 0 Å². The Bertz CT molecular complexity index is 907. The molecule has 2 unspecified atom stereocenters. The summed E-state index contributed by atoms with van der Waals surface area (Å²) in [7, 11) is 0. The average Bonchev–Trinajstić information content (AvgIpc) is 3.00. The van der Waals surface area contributed by atoms with E-state index in [1.54, 1.807) is 0 Å². The van der Waals surface area contributed by atoms with Gasteiger partial charge in [-0.15, -0.1) is 0 Å². The summed E-state index contributed by atoms with van der Waals surface area (Å²) in [5.41, 5.74) is 6.97. The SMILES string of the molecule is [2H]C1C([2H])[N+](c2c(C(C)C)cccc2C(C)C)=[C-]N1c1c(C(C)C)cccc1C(C)C. The van der Waals surface area contributed by atoms with Gasteiger partial charge in [0.2, 0.25) is 6.34 Å². The van der Waals surface area contributed by atoms with Gasteiger partial charge in [0.05, 0.1) is 2.74 Å². The van der Waals surface area contributed by atoms with Gasteiger partial charge < -0.3 is 9.48 Å². The van der Waals surface area contributed by atoms with Crippen molar-refractivity contribution in [3.63, 3.8) is 0 Å². The number of rotatable bonds is 6. The van der Waals surface area contributed by atoms with Crippen LogP contribution in [0.15, 0.2) is 36.4 Å². The third-order valence-corrected chi connectivity index (χ3v) is 5.75. The van der Waals surface area contributed by atoms with Crippen LogP contribution >= 0.6 is 0 Å². The zero-order valence-corrected chi connectivity index (χ0v) is 19.3. The molecule has 0 bridgehead atoms. The van der Waals surface area contributed by atoms with Crippen molar-refractivity contribution in [3.8, 4) is 0 Å². The van der Waals surface area contributed by atoms with E-state index in [4.69, 9.17) is 2.74 Å². The molecule has 0 saturated carbocycles. The minimum Gasteiger partial charge on any atom is -0.333 e. The number of benzene rings is 2. The molecule has 0 N–H and O–H groups in total. The van der Waals surface area contributed by atoms with Gasteiger partial charge in [0.15, 0.2) is 0 Å².